The second kappa shape index (κ2) is 13.5. The Morgan fingerprint density at radius 2 is 1.47 bits per heavy atom. The molecule has 0 bridgehead atoms. The molecule has 4 nitrogen and oxygen atoms in total. The minimum Gasteiger partial charge on any atom is -0.491 e. The van der Waals surface area contributed by atoms with Gasteiger partial charge in [-0.2, -0.15) is 0 Å². The van der Waals surface area contributed by atoms with Gasteiger partial charge in [0.2, 0.25) is 0 Å². The molecular formula is C15H30O4. The Morgan fingerprint density at radius 3 is 2.05 bits per heavy atom. The van der Waals surface area contributed by atoms with Gasteiger partial charge in [0.05, 0.1) is 13.2 Å². The Balaban J connectivity index is 4.32. The molecule has 0 spiro atoms. The standard InChI is InChI=1S/C15H30O4/c1-5-8-9-10-11-12-14(17-6-2)15(18-7-3)19-13-16-4/h5-13H2,1-4H3. The van der Waals surface area contributed by atoms with Crippen LogP contribution in [0.3, 0.4) is 0 Å². The Bertz CT molecular complexity index is 226. The molecule has 0 aromatic carbocycles. The van der Waals surface area contributed by atoms with Crippen molar-refractivity contribution in [3.8, 4) is 0 Å². The normalized spacial score (nSPS) is 12.0. The van der Waals surface area contributed by atoms with Crippen LogP contribution in [-0.4, -0.2) is 27.1 Å². The van der Waals surface area contributed by atoms with E-state index in [1.165, 1.54) is 25.7 Å². The zero-order chi connectivity index (χ0) is 14.3. The molecule has 4 heteroatoms. The van der Waals surface area contributed by atoms with Gasteiger partial charge in [0.25, 0.3) is 0 Å². The van der Waals surface area contributed by atoms with E-state index in [1.54, 1.807) is 7.11 Å². The van der Waals surface area contributed by atoms with Crippen LogP contribution in [0.1, 0.15) is 59.3 Å². The number of hydrogen-bond acceptors (Lipinski definition) is 4. The van der Waals surface area contributed by atoms with E-state index >= 15 is 0 Å². The molecule has 0 fully saturated rings. The van der Waals surface area contributed by atoms with Crippen molar-refractivity contribution in [1.29, 1.82) is 0 Å². The summed E-state index contributed by atoms with van der Waals surface area (Å²) in [6.45, 7) is 7.49. The number of hydrogen-bond donors (Lipinski definition) is 0. The molecule has 0 heterocycles. The van der Waals surface area contributed by atoms with Gasteiger partial charge in [0.1, 0.15) is 0 Å². The monoisotopic (exact) mass is 274 g/mol. The van der Waals surface area contributed by atoms with Gasteiger partial charge in [0, 0.05) is 13.5 Å². The first-order chi connectivity index (χ1) is 9.29. The molecular weight excluding hydrogens is 244 g/mol. The van der Waals surface area contributed by atoms with Gasteiger partial charge in [0.15, 0.2) is 12.6 Å². The first-order valence-corrected chi connectivity index (χ1v) is 7.40. The second-order valence-electron chi connectivity index (χ2n) is 4.29. The van der Waals surface area contributed by atoms with Crippen molar-refractivity contribution in [3.63, 3.8) is 0 Å². The molecule has 0 atom stereocenters. The van der Waals surface area contributed by atoms with Crippen LogP contribution in [0.15, 0.2) is 11.7 Å². The van der Waals surface area contributed by atoms with Crippen LogP contribution < -0.4 is 0 Å². The predicted molar refractivity (Wildman–Crippen MR) is 76.6 cm³/mol. The molecule has 0 radical (unpaired) electrons. The molecule has 19 heavy (non-hydrogen) atoms. The van der Waals surface area contributed by atoms with Gasteiger partial charge in [-0.25, -0.2) is 0 Å². The minimum absolute atomic E-state index is 0.182. The summed E-state index contributed by atoms with van der Waals surface area (Å²) >= 11 is 0. The third-order valence-electron chi connectivity index (χ3n) is 2.64. The van der Waals surface area contributed by atoms with E-state index in [2.05, 4.69) is 6.92 Å². The average molecular weight is 274 g/mol. The van der Waals surface area contributed by atoms with Gasteiger partial charge in [-0.1, -0.05) is 32.6 Å². The molecule has 0 amide bonds. The lowest BCUT2D eigenvalue weighted by atomic mass is 10.1. The highest BCUT2D eigenvalue weighted by atomic mass is 16.7. The fourth-order valence-corrected chi connectivity index (χ4v) is 1.74. The summed E-state index contributed by atoms with van der Waals surface area (Å²) in [7, 11) is 1.59. The van der Waals surface area contributed by atoms with E-state index in [1.807, 2.05) is 13.8 Å². The highest BCUT2D eigenvalue weighted by molar-refractivity contribution is 4.95. The van der Waals surface area contributed by atoms with E-state index in [9.17, 15) is 0 Å². The Hall–Kier alpha value is -0.900. The molecule has 114 valence electrons. The van der Waals surface area contributed by atoms with Crippen LogP contribution in [0.5, 0.6) is 0 Å². The maximum atomic E-state index is 5.63. The summed E-state index contributed by atoms with van der Waals surface area (Å²) in [6.07, 6.45) is 7.01. The van der Waals surface area contributed by atoms with Crippen LogP contribution in [0.4, 0.5) is 0 Å². The molecule has 0 aliphatic heterocycles. The van der Waals surface area contributed by atoms with Gasteiger partial charge in [-0.05, 0) is 20.3 Å². The van der Waals surface area contributed by atoms with E-state index in [4.69, 9.17) is 18.9 Å². The molecule has 0 aliphatic rings. The lowest BCUT2D eigenvalue weighted by Gasteiger charge is -2.15. The van der Waals surface area contributed by atoms with Crippen molar-refractivity contribution >= 4 is 0 Å². The van der Waals surface area contributed by atoms with E-state index < -0.39 is 0 Å². The van der Waals surface area contributed by atoms with Crippen LogP contribution in [0.25, 0.3) is 0 Å². The van der Waals surface area contributed by atoms with Gasteiger partial charge in [-0.15, -0.1) is 0 Å². The van der Waals surface area contributed by atoms with Crippen molar-refractivity contribution < 1.29 is 18.9 Å². The lowest BCUT2D eigenvalue weighted by molar-refractivity contribution is -0.0663. The lowest BCUT2D eigenvalue weighted by Crippen LogP contribution is -2.07. The maximum Gasteiger partial charge on any atom is 0.321 e. The van der Waals surface area contributed by atoms with Crippen molar-refractivity contribution in [2.75, 3.05) is 27.1 Å². The van der Waals surface area contributed by atoms with E-state index in [0.717, 1.165) is 18.6 Å². The van der Waals surface area contributed by atoms with Gasteiger partial charge in [-0.3, -0.25) is 0 Å². The summed E-state index contributed by atoms with van der Waals surface area (Å²) < 4.78 is 21.5. The maximum absolute atomic E-state index is 5.63. The summed E-state index contributed by atoms with van der Waals surface area (Å²) in [6, 6.07) is 0. The number of methoxy groups -OCH3 is 1. The predicted octanol–water partition coefficient (Wildman–Crippen LogP) is 4.21. The Morgan fingerprint density at radius 1 is 0.789 bits per heavy atom. The SMILES string of the molecule is CCCCCCCC(OCC)=C(OCC)OCOC. The van der Waals surface area contributed by atoms with E-state index in [-0.39, 0.29) is 6.79 Å². The van der Waals surface area contributed by atoms with Crippen LogP contribution >= 0.6 is 0 Å². The summed E-state index contributed by atoms with van der Waals surface area (Å²) in [4.78, 5) is 0. The molecule has 0 aromatic heterocycles. The fourth-order valence-electron chi connectivity index (χ4n) is 1.74. The zero-order valence-corrected chi connectivity index (χ0v) is 13.0. The fraction of sp³-hybridized carbons (Fsp3) is 0.867. The summed E-state index contributed by atoms with van der Waals surface area (Å²) in [5, 5.41) is 0. The molecule has 0 aromatic rings. The first kappa shape index (κ1) is 18.1. The number of ether oxygens (including phenoxy) is 4. The first-order valence-electron chi connectivity index (χ1n) is 7.40. The van der Waals surface area contributed by atoms with Gasteiger partial charge < -0.3 is 18.9 Å². The number of allylic oxidation sites excluding steroid dienone is 1. The smallest absolute Gasteiger partial charge is 0.321 e. The Kier molecular flexibility index (Phi) is 12.9. The Labute approximate surface area is 118 Å². The topological polar surface area (TPSA) is 36.9 Å². The number of unbranched alkanes of at least 4 members (excludes halogenated alkanes) is 4. The minimum atomic E-state index is 0.182. The van der Waals surface area contributed by atoms with Crippen molar-refractivity contribution in [1.82, 2.24) is 0 Å². The third kappa shape index (κ3) is 9.65. The highest BCUT2D eigenvalue weighted by Gasteiger charge is 2.11. The molecule has 0 rings (SSSR count). The third-order valence-corrected chi connectivity index (χ3v) is 2.64. The molecule has 0 N–H and O–H groups in total. The highest BCUT2D eigenvalue weighted by Crippen LogP contribution is 2.18. The zero-order valence-electron chi connectivity index (χ0n) is 13.0. The summed E-state index contributed by atoms with van der Waals surface area (Å²) in [5.41, 5.74) is 0. The average Bonchev–Trinajstić information content (AvgIpc) is 2.42. The quantitative estimate of drug-likeness (QED) is 0.286. The van der Waals surface area contributed by atoms with Crippen LogP contribution in [0.2, 0.25) is 0 Å². The second-order valence-corrected chi connectivity index (χ2v) is 4.29. The van der Waals surface area contributed by atoms with Crippen LogP contribution in [-0.2, 0) is 18.9 Å². The van der Waals surface area contributed by atoms with E-state index in [0.29, 0.717) is 19.2 Å². The number of rotatable bonds is 13. The largest absolute Gasteiger partial charge is 0.491 e. The molecule has 0 saturated carbocycles. The molecule has 0 unspecified atom stereocenters. The summed E-state index contributed by atoms with van der Waals surface area (Å²) in [5.74, 6) is 1.28. The van der Waals surface area contributed by atoms with Crippen molar-refractivity contribution in [3.05, 3.63) is 11.7 Å². The van der Waals surface area contributed by atoms with Crippen molar-refractivity contribution in [2.45, 2.75) is 59.3 Å². The van der Waals surface area contributed by atoms with Gasteiger partial charge >= 0.3 is 5.95 Å². The molecule has 0 aliphatic carbocycles. The van der Waals surface area contributed by atoms with Crippen LogP contribution in [0, 0.1) is 0 Å². The molecule has 0 saturated heterocycles. The van der Waals surface area contributed by atoms with Crippen molar-refractivity contribution in [2.24, 2.45) is 0 Å².